The Bertz CT molecular complexity index is 1660. The molecule has 1 aliphatic heterocycles. The number of carboxylic acid groups (broad SMARTS) is 2. The second-order valence-electron chi connectivity index (χ2n) is 11.8. The number of nitrogens with zero attached hydrogens (tertiary/aromatic N) is 4. The molecule has 2 aromatic carbocycles. The maximum atomic E-state index is 14.5. The minimum Gasteiger partial charge on any atom is -0.475 e. The first-order chi connectivity index (χ1) is 26.2. The Balaban J connectivity index is 0.000000984. The van der Waals surface area contributed by atoms with Crippen molar-refractivity contribution >= 4 is 105 Å². The van der Waals surface area contributed by atoms with Gasteiger partial charge in [0.2, 0.25) is 11.8 Å². The molecule has 0 saturated carbocycles. The number of rotatable bonds is 14. The van der Waals surface area contributed by atoms with Gasteiger partial charge in [-0.05, 0) is 86.1 Å². The number of carboxylic acids is 2. The number of amides is 4. The molecule has 0 aliphatic carbocycles. The van der Waals surface area contributed by atoms with Gasteiger partial charge < -0.3 is 33.1 Å². The van der Waals surface area contributed by atoms with E-state index in [2.05, 4.69) is 73.7 Å². The Hall–Kier alpha value is -3.97. The van der Waals surface area contributed by atoms with Crippen molar-refractivity contribution in [1.29, 1.82) is 0 Å². The smallest absolute Gasteiger partial charge is 0.475 e. The average molecular weight is 1080 g/mol. The molecule has 25 heteroatoms. The van der Waals surface area contributed by atoms with Crippen molar-refractivity contribution in [3.05, 3.63) is 65.4 Å². The van der Waals surface area contributed by atoms with E-state index in [0.717, 1.165) is 29.0 Å². The first-order valence-electron chi connectivity index (χ1n) is 16.0. The lowest BCUT2D eigenvalue weighted by atomic mass is 9.72. The van der Waals surface area contributed by atoms with Crippen LogP contribution in [0.25, 0.3) is 0 Å². The highest BCUT2D eigenvalue weighted by Crippen LogP contribution is 2.39. The SMILES string of the molecule is NC(N)=NCCCCN1C(=O)N(CCCCN=C(N)N)C(=O)C(Cc2cc(Br)cc(Br)c2)(Cc2cc(Br)cc(Br)c2)C1=O.O=C(O)C(F)(F)F.O=C(O)C(F)(F)F. The van der Waals surface area contributed by atoms with Gasteiger partial charge in [-0.1, -0.05) is 63.7 Å². The lowest BCUT2D eigenvalue weighted by Gasteiger charge is -2.44. The normalized spacial score (nSPS) is 13.8. The minimum absolute atomic E-state index is 0.0259. The summed E-state index contributed by atoms with van der Waals surface area (Å²) in [6, 6.07) is 10.6. The number of nitrogens with two attached hydrogens (primary N) is 4. The summed E-state index contributed by atoms with van der Waals surface area (Å²) in [6.45, 7) is 0.938. The van der Waals surface area contributed by atoms with Crippen molar-refractivity contribution in [2.45, 2.75) is 50.9 Å². The molecule has 316 valence electrons. The Kier molecular flexibility index (Phi) is 20.5. The lowest BCUT2D eigenvalue weighted by molar-refractivity contribution is -0.193. The van der Waals surface area contributed by atoms with Crippen LogP contribution in [0.2, 0.25) is 0 Å². The van der Waals surface area contributed by atoms with Crippen LogP contribution in [-0.2, 0) is 32.0 Å². The van der Waals surface area contributed by atoms with Crippen LogP contribution in [0.3, 0.4) is 0 Å². The highest BCUT2D eigenvalue weighted by atomic mass is 79.9. The van der Waals surface area contributed by atoms with Crippen molar-refractivity contribution in [3.8, 4) is 0 Å². The van der Waals surface area contributed by atoms with E-state index >= 15 is 0 Å². The molecule has 0 aromatic heterocycles. The Morgan fingerprint density at radius 2 is 0.877 bits per heavy atom. The molecule has 0 radical (unpaired) electrons. The third-order valence-electron chi connectivity index (χ3n) is 7.28. The monoisotopic (exact) mass is 1070 g/mol. The van der Waals surface area contributed by atoms with Gasteiger partial charge in [-0.2, -0.15) is 26.3 Å². The van der Waals surface area contributed by atoms with Crippen molar-refractivity contribution in [2.24, 2.45) is 38.3 Å². The third-order valence-corrected chi connectivity index (χ3v) is 9.11. The number of halogens is 10. The number of aliphatic carboxylic acids is 2. The van der Waals surface area contributed by atoms with Gasteiger partial charge in [-0.25, -0.2) is 14.4 Å². The Morgan fingerprint density at radius 3 is 1.12 bits per heavy atom. The zero-order valence-corrected chi connectivity index (χ0v) is 35.7. The van der Waals surface area contributed by atoms with E-state index in [1.54, 1.807) is 0 Å². The van der Waals surface area contributed by atoms with E-state index in [1.165, 1.54) is 9.80 Å². The van der Waals surface area contributed by atoms with Crippen LogP contribution in [0.5, 0.6) is 0 Å². The third kappa shape index (κ3) is 17.6. The quantitative estimate of drug-likeness (QED) is 0.0441. The van der Waals surface area contributed by atoms with Crippen molar-refractivity contribution in [1.82, 2.24) is 9.80 Å². The largest absolute Gasteiger partial charge is 0.490 e. The van der Waals surface area contributed by atoms with Crippen molar-refractivity contribution in [3.63, 3.8) is 0 Å². The number of benzene rings is 2. The van der Waals surface area contributed by atoms with Crippen molar-refractivity contribution in [2.75, 3.05) is 26.2 Å². The molecule has 2 aromatic rings. The molecule has 1 aliphatic rings. The fraction of sp³-hybridized carbons (Fsp3) is 0.406. The van der Waals surface area contributed by atoms with Gasteiger partial charge in [0.25, 0.3) is 0 Å². The molecular formula is C32H36Br4F6N8O7. The molecule has 0 unspecified atom stereocenters. The minimum atomic E-state index is -5.08. The van der Waals surface area contributed by atoms with Crippen LogP contribution in [0.15, 0.2) is 64.3 Å². The van der Waals surface area contributed by atoms with Gasteiger partial charge in [0, 0.05) is 44.1 Å². The predicted molar refractivity (Wildman–Crippen MR) is 210 cm³/mol. The molecule has 1 fully saturated rings. The van der Waals surface area contributed by atoms with Crippen LogP contribution in [0, 0.1) is 5.41 Å². The Morgan fingerprint density at radius 1 is 0.596 bits per heavy atom. The highest BCUT2D eigenvalue weighted by molar-refractivity contribution is 9.11. The zero-order valence-electron chi connectivity index (χ0n) is 29.3. The Labute approximate surface area is 354 Å². The highest BCUT2D eigenvalue weighted by Gasteiger charge is 2.57. The number of imide groups is 2. The predicted octanol–water partition coefficient (Wildman–Crippen LogP) is 5.67. The van der Waals surface area contributed by atoms with Crippen LogP contribution in [-0.4, -0.2) is 100 Å². The van der Waals surface area contributed by atoms with E-state index in [1.807, 2.05) is 36.4 Å². The maximum absolute atomic E-state index is 14.5. The summed E-state index contributed by atoms with van der Waals surface area (Å²) in [5.41, 5.74) is 21.7. The topological polar surface area (TPSA) is 261 Å². The van der Waals surface area contributed by atoms with E-state index < -0.39 is 47.6 Å². The van der Waals surface area contributed by atoms with Gasteiger partial charge in [-0.15, -0.1) is 0 Å². The summed E-state index contributed by atoms with van der Waals surface area (Å²) < 4.78 is 66.6. The number of hydrogen-bond donors (Lipinski definition) is 6. The van der Waals surface area contributed by atoms with Gasteiger partial charge >= 0.3 is 30.3 Å². The summed E-state index contributed by atoms with van der Waals surface area (Å²) in [5.74, 6) is -6.63. The molecule has 4 amide bonds. The van der Waals surface area contributed by atoms with E-state index in [0.29, 0.717) is 38.8 Å². The molecule has 10 N–H and O–H groups in total. The van der Waals surface area contributed by atoms with Gasteiger partial charge in [0.05, 0.1) is 0 Å². The summed E-state index contributed by atoms with van der Waals surface area (Å²) in [5, 5.41) is 14.2. The standard InChI is InChI=1S/C28H34Br4N8O3.2C2HF3O2/c29-19-9-17(10-20(30)13-19)15-28(16-18-11-21(31)14-22(32)12-18)23(41)39(7-3-1-5-37-25(33)34)27(43)40(24(28)42)8-4-2-6-38-26(35)36;2*3-2(4,5)1(6)7/h9-14H,1-8,15-16H2,(H4,33,34,37)(H4,35,36,38);2*(H,6,7). The van der Waals surface area contributed by atoms with Crippen LogP contribution in [0.1, 0.15) is 36.8 Å². The zero-order chi connectivity index (χ0) is 43.9. The average Bonchev–Trinajstić information content (AvgIpc) is 3.05. The number of barbiturate groups is 1. The molecule has 15 nitrogen and oxygen atoms in total. The molecular weight excluding hydrogens is 1040 g/mol. The van der Waals surface area contributed by atoms with Gasteiger partial charge in [0.1, 0.15) is 5.41 Å². The second kappa shape index (κ2) is 22.8. The molecule has 0 spiro atoms. The number of unbranched alkanes of at least 4 members (excludes halogenated alkanes) is 2. The second-order valence-corrected chi connectivity index (χ2v) is 15.5. The van der Waals surface area contributed by atoms with Crippen LogP contribution >= 0.6 is 63.7 Å². The van der Waals surface area contributed by atoms with E-state index in [9.17, 15) is 40.7 Å². The first-order valence-corrected chi connectivity index (χ1v) is 19.2. The number of alkyl halides is 6. The molecule has 0 atom stereocenters. The molecule has 57 heavy (non-hydrogen) atoms. The number of aliphatic imine (C=N–C) groups is 2. The number of carbonyl (C=O) groups is 5. The van der Waals surface area contributed by atoms with Crippen LogP contribution < -0.4 is 22.9 Å². The van der Waals surface area contributed by atoms with Crippen molar-refractivity contribution < 1.29 is 60.5 Å². The summed E-state index contributed by atoms with van der Waals surface area (Å²) >= 11 is 14.1. The fourth-order valence-corrected chi connectivity index (χ4v) is 7.77. The lowest BCUT2D eigenvalue weighted by Crippen LogP contribution is -2.66. The van der Waals surface area contributed by atoms with Gasteiger partial charge in [0.15, 0.2) is 11.9 Å². The first kappa shape index (κ1) is 51.0. The van der Waals surface area contributed by atoms with Gasteiger partial charge in [-0.3, -0.25) is 29.4 Å². The molecule has 1 heterocycles. The molecule has 1 saturated heterocycles. The molecule has 0 bridgehead atoms. The number of urea groups is 1. The van der Waals surface area contributed by atoms with E-state index in [4.69, 9.17) is 42.7 Å². The number of guanidine groups is 2. The summed E-state index contributed by atoms with van der Waals surface area (Å²) in [6.07, 6.45) is -8.00. The molecule has 3 rings (SSSR count). The van der Waals surface area contributed by atoms with Crippen LogP contribution in [0.4, 0.5) is 31.1 Å². The number of hydrogen-bond acceptors (Lipinski definition) is 7. The fourth-order valence-electron chi connectivity index (χ4n) is 4.99. The summed E-state index contributed by atoms with van der Waals surface area (Å²) in [7, 11) is 0. The maximum Gasteiger partial charge on any atom is 0.490 e. The van der Waals surface area contributed by atoms with E-state index in [-0.39, 0.29) is 37.9 Å². The summed E-state index contributed by atoms with van der Waals surface area (Å²) in [4.78, 5) is 70.9. The number of carbonyl (C=O) groups excluding carboxylic acids is 3.